The van der Waals surface area contributed by atoms with Gasteiger partial charge in [-0.15, -0.1) is 11.3 Å². The second-order valence-electron chi connectivity index (χ2n) is 10.8. The van der Waals surface area contributed by atoms with E-state index in [4.69, 9.17) is 28.4 Å². The maximum atomic E-state index is 6.53. The van der Waals surface area contributed by atoms with Crippen LogP contribution in [0.5, 0.6) is 11.5 Å². The number of hydrogen-bond donors (Lipinski definition) is 1. The molecule has 1 aliphatic rings. The summed E-state index contributed by atoms with van der Waals surface area (Å²) in [5.74, 6) is 2.04. The van der Waals surface area contributed by atoms with Gasteiger partial charge >= 0.3 is 0 Å². The van der Waals surface area contributed by atoms with E-state index in [2.05, 4.69) is 77.4 Å². The van der Waals surface area contributed by atoms with Crippen LogP contribution < -0.4 is 14.8 Å². The van der Waals surface area contributed by atoms with Gasteiger partial charge in [-0.1, -0.05) is 36.4 Å². The largest absolute Gasteiger partial charge is 0.494 e. The topological polar surface area (TPSA) is 67.4 Å². The molecule has 3 aromatic carbocycles. The van der Waals surface area contributed by atoms with Crippen molar-refractivity contribution in [1.82, 2.24) is 5.32 Å². The maximum absolute atomic E-state index is 6.53. The molecule has 2 heterocycles. The van der Waals surface area contributed by atoms with Gasteiger partial charge < -0.3 is 33.7 Å². The number of rotatable bonds is 17. The van der Waals surface area contributed by atoms with Crippen LogP contribution in [-0.2, 0) is 32.2 Å². The normalized spacial score (nSPS) is 17.6. The predicted octanol–water partition coefficient (Wildman–Crippen LogP) is 6.59. The van der Waals surface area contributed by atoms with Crippen LogP contribution in [0, 0.1) is 0 Å². The summed E-state index contributed by atoms with van der Waals surface area (Å²) >= 11 is 1.72. The zero-order chi connectivity index (χ0) is 29.7. The van der Waals surface area contributed by atoms with Gasteiger partial charge in [0.15, 0.2) is 0 Å². The lowest BCUT2D eigenvalue weighted by atomic mass is 9.87. The van der Waals surface area contributed by atoms with Crippen LogP contribution in [0.3, 0.4) is 0 Å². The molecule has 43 heavy (non-hydrogen) atoms. The number of piperidine rings is 1. The maximum Gasteiger partial charge on any atom is 0.120 e. The van der Waals surface area contributed by atoms with Gasteiger partial charge in [-0.3, -0.25) is 0 Å². The molecule has 0 amide bonds. The zero-order valence-corrected chi connectivity index (χ0v) is 26.0. The Kier molecular flexibility index (Phi) is 12.3. The van der Waals surface area contributed by atoms with E-state index in [0.29, 0.717) is 45.6 Å². The van der Waals surface area contributed by atoms with Gasteiger partial charge in [0.1, 0.15) is 24.2 Å². The number of thiophene rings is 1. The van der Waals surface area contributed by atoms with Gasteiger partial charge in [0.25, 0.3) is 0 Å². The van der Waals surface area contributed by atoms with Crippen LogP contribution in [0.25, 0.3) is 10.8 Å². The average molecular weight is 606 g/mol. The highest BCUT2D eigenvalue weighted by Crippen LogP contribution is 2.30. The molecule has 3 atom stereocenters. The monoisotopic (exact) mass is 605 g/mol. The molecule has 8 heteroatoms. The second kappa shape index (κ2) is 16.8. The quantitative estimate of drug-likeness (QED) is 0.136. The SMILES string of the molecule is COC[C@@H](COc1ccc2ccc(CO[C@H]3CNCC[C@@H]3c3ccc(OCCCOCc4cccs4)cc3)cc2c1)OC. The Morgan fingerprint density at radius 3 is 2.53 bits per heavy atom. The molecule has 7 nitrogen and oxygen atoms in total. The minimum Gasteiger partial charge on any atom is -0.494 e. The molecule has 0 bridgehead atoms. The Hall–Kier alpha value is -2.98. The lowest BCUT2D eigenvalue weighted by Crippen LogP contribution is -2.40. The number of nitrogens with one attached hydrogen (secondary N) is 1. The van der Waals surface area contributed by atoms with Gasteiger partial charge in [-0.2, -0.15) is 0 Å². The fraction of sp³-hybridized carbons (Fsp3) is 0.429. The van der Waals surface area contributed by atoms with Crippen LogP contribution in [0.15, 0.2) is 78.2 Å². The van der Waals surface area contributed by atoms with Crippen molar-refractivity contribution in [1.29, 1.82) is 0 Å². The van der Waals surface area contributed by atoms with Gasteiger partial charge in [-0.05, 0) is 76.6 Å². The van der Waals surface area contributed by atoms with Crippen molar-refractivity contribution >= 4 is 22.1 Å². The van der Waals surface area contributed by atoms with Crippen molar-refractivity contribution < 1.29 is 28.4 Å². The highest BCUT2D eigenvalue weighted by Gasteiger charge is 2.27. The van der Waals surface area contributed by atoms with Crippen molar-refractivity contribution in [3.05, 3.63) is 94.2 Å². The number of hydrogen-bond acceptors (Lipinski definition) is 8. The summed E-state index contributed by atoms with van der Waals surface area (Å²) in [5.41, 5.74) is 2.44. The molecule has 1 N–H and O–H groups in total. The summed E-state index contributed by atoms with van der Waals surface area (Å²) in [6, 6.07) is 25.3. The average Bonchev–Trinajstić information content (AvgIpc) is 3.57. The first-order valence-corrected chi connectivity index (χ1v) is 15.9. The van der Waals surface area contributed by atoms with E-state index in [1.165, 1.54) is 15.8 Å². The first-order chi connectivity index (χ1) is 21.2. The molecule has 0 radical (unpaired) electrons. The van der Waals surface area contributed by atoms with Crippen molar-refractivity contribution in [2.24, 2.45) is 0 Å². The summed E-state index contributed by atoms with van der Waals surface area (Å²) in [7, 11) is 3.33. The Labute approximate surface area is 259 Å². The van der Waals surface area contributed by atoms with E-state index in [-0.39, 0.29) is 12.2 Å². The molecule has 0 saturated carbocycles. The molecule has 5 rings (SSSR count). The Balaban J connectivity index is 1.11. The Bertz CT molecular complexity index is 1360. The molecule has 230 valence electrons. The summed E-state index contributed by atoms with van der Waals surface area (Å²) in [6.07, 6.45) is 1.89. The number of fused-ring (bicyclic) bond motifs is 1. The third-order valence-corrected chi connectivity index (χ3v) is 8.57. The molecule has 4 aromatic rings. The molecular formula is C35H43NO6S. The smallest absolute Gasteiger partial charge is 0.120 e. The zero-order valence-electron chi connectivity index (χ0n) is 25.2. The van der Waals surface area contributed by atoms with E-state index in [1.54, 1.807) is 25.6 Å². The third kappa shape index (κ3) is 9.50. The van der Waals surface area contributed by atoms with E-state index in [9.17, 15) is 0 Å². The van der Waals surface area contributed by atoms with Gasteiger partial charge in [-0.25, -0.2) is 0 Å². The lowest BCUT2D eigenvalue weighted by molar-refractivity contribution is 0.000903. The third-order valence-electron chi connectivity index (χ3n) is 7.72. The molecule has 0 spiro atoms. The lowest BCUT2D eigenvalue weighted by Gasteiger charge is -2.32. The van der Waals surface area contributed by atoms with E-state index in [1.807, 2.05) is 6.07 Å². The number of benzene rings is 3. The first kappa shape index (κ1) is 31.4. The van der Waals surface area contributed by atoms with Crippen LogP contribution in [0.4, 0.5) is 0 Å². The molecule has 1 saturated heterocycles. The van der Waals surface area contributed by atoms with Crippen molar-refractivity contribution in [2.75, 3.05) is 53.7 Å². The molecule has 1 aromatic heterocycles. The van der Waals surface area contributed by atoms with Crippen LogP contribution in [-0.4, -0.2) is 65.9 Å². The molecule has 1 fully saturated rings. The second-order valence-corrected chi connectivity index (χ2v) is 11.9. The Morgan fingerprint density at radius 2 is 1.72 bits per heavy atom. The van der Waals surface area contributed by atoms with Gasteiger partial charge in [0.05, 0.1) is 39.1 Å². The molecule has 1 aliphatic heterocycles. The van der Waals surface area contributed by atoms with Gasteiger partial charge in [0.2, 0.25) is 0 Å². The van der Waals surface area contributed by atoms with Crippen LogP contribution >= 0.6 is 11.3 Å². The first-order valence-electron chi connectivity index (χ1n) is 15.0. The highest BCUT2D eigenvalue weighted by molar-refractivity contribution is 7.09. The Morgan fingerprint density at radius 1 is 0.860 bits per heavy atom. The van der Waals surface area contributed by atoms with Crippen molar-refractivity contribution in [3.8, 4) is 11.5 Å². The standard InChI is InChI=1S/C35H43NO6S/c1-37-23-32(38-2)24-41-31-13-8-27-7-6-26(19-29(27)20-31)22-42-35-21-36-15-14-34(35)28-9-11-30(12-10-28)40-17-4-16-39-25-33-5-3-18-43-33/h3,5-13,18-20,32,34-36H,4,14-17,21-25H2,1-2H3/t32-,34+,35-/m0/s1. The van der Waals surface area contributed by atoms with E-state index >= 15 is 0 Å². The fourth-order valence-electron chi connectivity index (χ4n) is 5.33. The van der Waals surface area contributed by atoms with E-state index in [0.717, 1.165) is 48.4 Å². The van der Waals surface area contributed by atoms with Gasteiger partial charge in [0, 0.05) is 38.0 Å². The predicted molar refractivity (Wildman–Crippen MR) is 171 cm³/mol. The molecule has 0 aliphatic carbocycles. The minimum atomic E-state index is -0.104. The molecule has 0 unspecified atom stereocenters. The summed E-state index contributed by atoms with van der Waals surface area (Å²) in [4.78, 5) is 1.25. The van der Waals surface area contributed by atoms with E-state index < -0.39 is 0 Å². The summed E-state index contributed by atoms with van der Waals surface area (Å²) in [6.45, 7) is 5.32. The van der Waals surface area contributed by atoms with Crippen molar-refractivity contribution in [2.45, 2.75) is 44.2 Å². The molecular weight excluding hydrogens is 562 g/mol. The summed E-state index contributed by atoms with van der Waals surface area (Å²) < 4.78 is 34.8. The minimum absolute atomic E-state index is 0.0955. The number of methoxy groups -OCH3 is 2. The fourth-order valence-corrected chi connectivity index (χ4v) is 5.97. The van der Waals surface area contributed by atoms with Crippen LogP contribution in [0.1, 0.15) is 34.8 Å². The van der Waals surface area contributed by atoms with Crippen LogP contribution in [0.2, 0.25) is 0 Å². The van der Waals surface area contributed by atoms with Crippen molar-refractivity contribution in [3.63, 3.8) is 0 Å². The number of ether oxygens (including phenoxy) is 6. The summed E-state index contributed by atoms with van der Waals surface area (Å²) in [5, 5.41) is 7.88. The highest BCUT2D eigenvalue weighted by atomic mass is 32.1.